The highest BCUT2D eigenvalue weighted by Gasteiger charge is 2.24. The van der Waals surface area contributed by atoms with Gasteiger partial charge in [-0.3, -0.25) is 9.67 Å². The Morgan fingerprint density at radius 2 is 1.69 bits per heavy atom. The van der Waals surface area contributed by atoms with Crippen LogP contribution >= 0.6 is 12.4 Å². The molecule has 6 aromatic rings. The fourth-order valence-corrected chi connectivity index (χ4v) is 6.72. The summed E-state index contributed by atoms with van der Waals surface area (Å²) in [5.74, 6) is 0.493. The van der Waals surface area contributed by atoms with Crippen molar-refractivity contribution in [2.45, 2.75) is 18.4 Å². The largest absolute Gasteiger partial charge is 0.353 e. The van der Waals surface area contributed by atoms with Gasteiger partial charge in [-0.2, -0.15) is 5.10 Å². The van der Waals surface area contributed by atoms with E-state index in [2.05, 4.69) is 30.3 Å². The summed E-state index contributed by atoms with van der Waals surface area (Å²) in [7, 11) is -3.96. The number of fused-ring (bicyclic) bond motifs is 1. The summed E-state index contributed by atoms with van der Waals surface area (Å²) in [6.07, 6.45) is 10.2. The van der Waals surface area contributed by atoms with Crippen LogP contribution in [-0.2, 0) is 16.6 Å². The van der Waals surface area contributed by atoms with Gasteiger partial charge in [0.2, 0.25) is 0 Å². The van der Waals surface area contributed by atoms with Crippen LogP contribution in [0.25, 0.3) is 33.4 Å². The first-order valence-corrected chi connectivity index (χ1v) is 15.7. The number of pyridine rings is 1. The van der Waals surface area contributed by atoms with Gasteiger partial charge < -0.3 is 10.2 Å². The number of anilines is 1. The van der Waals surface area contributed by atoms with Crippen LogP contribution < -0.4 is 10.2 Å². The Bertz CT molecular complexity index is 2070. The summed E-state index contributed by atoms with van der Waals surface area (Å²) in [6, 6.07) is 15.0. The maximum atomic E-state index is 13.9. The first-order valence-electron chi connectivity index (χ1n) is 14.2. The maximum absolute atomic E-state index is 13.9. The van der Waals surface area contributed by atoms with Crippen molar-refractivity contribution in [3.05, 3.63) is 109 Å². The van der Waals surface area contributed by atoms with Crippen molar-refractivity contribution in [2.24, 2.45) is 0 Å². The van der Waals surface area contributed by atoms with E-state index >= 15 is 0 Å². The van der Waals surface area contributed by atoms with Crippen LogP contribution in [0.4, 0.5) is 10.2 Å². The van der Waals surface area contributed by atoms with Crippen LogP contribution in [0, 0.1) is 12.7 Å². The molecular formula is C32H30ClFN8O2S. The van der Waals surface area contributed by atoms with E-state index in [9.17, 15) is 12.8 Å². The van der Waals surface area contributed by atoms with Gasteiger partial charge in [0.05, 0.1) is 35.7 Å². The molecule has 10 nitrogen and oxygen atoms in total. The normalized spacial score (nSPS) is 13.6. The van der Waals surface area contributed by atoms with E-state index in [4.69, 9.17) is 0 Å². The molecule has 2 aromatic carbocycles. The third kappa shape index (κ3) is 6.04. The average molecular weight is 645 g/mol. The van der Waals surface area contributed by atoms with Gasteiger partial charge in [0.1, 0.15) is 11.6 Å². The molecule has 0 radical (unpaired) electrons. The lowest BCUT2D eigenvalue weighted by Crippen LogP contribution is -2.43. The van der Waals surface area contributed by atoms with Crippen LogP contribution in [0.5, 0.6) is 0 Å². The lowest BCUT2D eigenvalue weighted by Gasteiger charge is -2.28. The molecule has 0 spiro atoms. The Morgan fingerprint density at radius 1 is 0.889 bits per heavy atom. The van der Waals surface area contributed by atoms with Gasteiger partial charge in [-0.05, 0) is 42.8 Å². The Kier molecular flexibility index (Phi) is 8.36. The molecule has 5 heterocycles. The van der Waals surface area contributed by atoms with E-state index in [1.807, 2.05) is 25.3 Å². The van der Waals surface area contributed by atoms with E-state index < -0.39 is 10.0 Å². The SMILES string of the molecule is Cc1ccc(S(=O)(=O)n2cc(-c3cnn(Cc4cccc(F)c4)c3)c3cc(-c4cnc(N5CCNCC5)cn4)cnc32)cc1.Cl. The number of halogens is 2. The Hall–Kier alpha value is -4.65. The smallest absolute Gasteiger partial charge is 0.269 e. The van der Waals surface area contributed by atoms with E-state index in [0.29, 0.717) is 34.3 Å². The second kappa shape index (κ2) is 12.4. The van der Waals surface area contributed by atoms with Crippen LogP contribution in [0.2, 0.25) is 0 Å². The van der Waals surface area contributed by atoms with E-state index in [0.717, 1.165) is 43.1 Å². The zero-order valence-corrected chi connectivity index (χ0v) is 26.0. The molecule has 13 heteroatoms. The second-order valence-electron chi connectivity index (χ2n) is 10.8. The van der Waals surface area contributed by atoms with E-state index in [1.165, 1.54) is 16.1 Å². The van der Waals surface area contributed by atoms with Crippen molar-refractivity contribution in [3.8, 4) is 22.4 Å². The third-order valence-corrected chi connectivity index (χ3v) is 9.41. The van der Waals surface area contributed by atoms with Crippen LogP contribution in [0.15, 0.2) is 96.7 Å². The molecule has 1 N–H and O–H groups in total. The molecule has 1 saturated heterocycles. The zero-order chi connectivity index (χ0) is 30.3. The summed E-state index contributed by atoms with van der Waals surface area (Å²) in [6.45, 7) is 5.78. The first kappa shape index (κ1) is 30.4. The Balaban J connectivity index is 0.00000357. The minimum Gasteiger partial charge on any atom is -0.353 e. The average Bonchev–Trinajstić information content (AvgIpc) is 3.66. The molecule has 0 aliphatic carbocycles. The van der Waals surface area contributed by atoms with E-state index in [-0.39, 0.29) is 28.8 Å². The summed E-state index contributed by atoms with van der Waals surface area (Å²) >= 11 is 0. The molecular weight excluding hydrogens is 615 g/mol. The van der Waals surface area contributed by atoms with Crippen molar-refractivity contribution in [1.29, 1.82) is 0 Å². The van der Waals surface area contributed by atoms with Gasteiger partial charge in [0, 0.05) is 66.8 Å². The minimum atomic E-state index is -3.96. The molecule has 0 unspecified atom stereocenters. The van der Waals surface area contributed by atoms with Gasteiger partial charge in [0.25, 0.3) is 10.0 Å². The molecule has 0 saturated carbocycles. The molecule has 0 bridgehead atoms. The van der Waals surface area contributed by atoms with Crippen LogP contribution in [-0.4, -0.2) is 63.3 Å². The predicted molar refractivity (Wildman–Crippen MR) is 174 cm³/mol. The number of hydrogen-bond acceptors (Lipinski definition) is 8. The molecule has 230 valence electrons. The Morgan fingerprint density at radius 3 is 2.42 bits per heavy atom. The van der Waals surface area contributed by atoms with Gasteiger partial charge in [-0.25, -0.2) is 26.7 Å². The number of nitrogens with one attached hydrogen (secondary N) is 1. The van der Waals surface area contributed by atoms with E-state index in [1.54, 1.807) is 66.0 Å². The second-order valence-corrected chi connectivity index (χ2v) is 12.6. The number of aromatic nitrogens is 6. The number of aryl methyl sites for hydroxylation is 1. The molecule has 45 heavy (non-hydrogen) atoms. The number of piperazine rings is 1. The van der Waals surface area contributed by atoms with Crippen molar-refractivity contribution < 1.29 is 12.8 Å². The summed E-state index contributed by atoms with van der Waals surface area (Å²) in [5.41, 5.74) is 4.67. The lowest BCUT2D eigenvalue weighted by atomic mass is 10.1. The molecule has 4 aromatic heterocycles. The molecule has 0 atom stereocenters. The van der Waals surface area contributed by atoms with Gasteiger partial charge in [-0.15, -0.1) is 12.4 Å². The van der Waals surface area contributed by atoms with Crippen molar-refractivity contribution in [1.82, 2.24) is 34.0 Å². The minimum absolute atomic E-state index is 0. The lowest BCUT2D eigenvalue weighted by molar-refractivity contribution is 0.584. The predicted octanol–water partition coefficient (Wildman–Crippen LogP) is 4.92. The fourth-order valence-electron chi connectivity index (χ4n) is 5.40. The van der Waals surface area contributed by atoms with Crippen molar-refractivity contribution in [2.75, 3.05) is 31.1 Å². The summed E-state index contributed by atoms with van der Waals surface area (Å²) in [4.78, 5) is 16.3. The molecule has 0 amide bonds. The third-order valence-electron chi connectivity index (χ3n) is 7.74. The monoisotopic (exact) mass is 644 g/mol. The quantitative estimate of drug-likeness (QED) is 0.261. The van der Waals surface area contributed by atoms with Crippen molar-refractivity contribution >= 4 is 39.3 Å². The molecule has 1 aliphatic heterocycles. The van der Waals surface area contributed by atoms with Gasteiger partial charge >= 0.3 is 0 Å². The number of rotatable bonds is 7. The van der Waals surface area contributed by atoms with Crippen LogP contribution in [0.1, 0.15) is 11.1 Å². The van der Waals surface area contributed by atoms with Gasteiger partial charge in [-0.1, -0.05) is 29.8 Å². The highest BCUT2D eigenvalue weighted by molar-refractivity contribution is 7.90. The summed E-state index contributed by atoms with van der Waals surface area (Å²) < 4.78 is 44.4. The summed E-state index contributed by atoms with van der Waals surface area (Å²) in [5, 5.41) is 8.44. The zero-order valence-electron chi connectivity index (χ0n) is 24.3. The number of benzene rings is 2. The maximum Gasteiger partial charge on any atom is 0.269 e. The highest BCUT2D eigenvalue weighted by Crippen LogP contribution is 2.34. The van der Waals surface area contributed by atoms with Crippen molar-refractivity contribution in [3.63, 3.8) is 0 Å². The standard InChI is InChI=1S/C32H29FN8O2S.ClH/c1-22-5-7-27(8-6-22)44(42,43)41-21-29(25-16-38-40(20-25)19-23-3-2-4-26(33)13-23)28-14-24(15-37-32(28)41)30-17-36-31(18-35-30)39-11-9-34-10-12-39;/h2-8,13-18,20-21,34H,9-12,19H2,1H3;1H. The highest BCUT2D eigenvalue weighted by atomic mass is 35.5. The number of hydrogen-bond donors (Lipinski definition) is 1. The molecule has 1 aliphatic rings. The fraction of sp³-hybridized carbons (Fsp3) is 0.188. The number of nitrogens with zero attached hydrogens (tertiary/aromatic N) is 7. The molecule has 1 fully saturated rings. The Labute approximate surface area is 266 Å². The van der Waals surface area contributed by atoms with Gasteiger partial charge in [0.15, 0.2) is 5.65 Å². The van der Waals surface area contributed by atoms with Crippen LogP contribution in [0.3, 0.4) is 0 Å². The topological polar surface area (TPSA) is 111 Å². The first-order chi connectivity index (χ1) is 21.3. The molecule has 7 rings (SSSR count).